The van der Waals surface area contributed by atoms with E-state index in [0.717, 1.165) is 6.54 Å². The van der Waals surface area contributed by atoms with Gasteiger partial charge in [-0.3, -0.25) is 0 Å². The zero-order valence-corrected chi connectivity index (χ0v) is 10.7. The van der Waals surface area contributed by atoms with Gasteiger partial charge in [0, 0.05) is 12.6 Å². The maximum Gasteiger partial charge on any atom is 0.0322 e. The summed E-state index contributed by atoms with van der Waals surface area (Å²) in [5.41, 5.74) is 2.77. The summed E-state index contributed by atoms with van der Waals surface area (Å²) in [6.45, 7) is 7.47. The Morgan fingerprint density at radius 2 is 1.94 bits per heavy atom. The monoisotopic (exact) mass is 217 g/mol. The van der Waals surface area contributed by atoms with E-state index in [1.807, 2.05) is 0 Å². The third kappa shape index (κ3) is 4.63. The van der Waals surface area contributed by atoms with E-state index in [-0.39, 0.29) is 0 Å². The van der Waals surface area contributed by atoms with Crippen LogP contribution in [-0.2, 0) is 0 Å². The van der Waals surface area contributed by atoms with E-state index in [9.17, 15) is 0 Å². The lowest BCUT2D eigenvalue weighted by atomic mass is 10.0. The molecule has 0 aliphatic rings. The molecule has 1 nitrogen and oxygen atoms in total. The standard InChI is InChI=1S/C15H23N/c1-4-8-15(16-12-11-13(2)3)14-9-6-5-7-10-14/h5-7,9-11,15-16H,4,8,12H2,1-3H3. The van der Waals surface area contributed by atoms with Gasteiger partial charge in [-0.2, -0.15) is 0 Å². The highest BCUT2D eigenvalue weighted by Crippen LogP contribution is 2.17. The van der Waals surface area contributed by atoms with Crippen molar-refractivity contribution in [1.29, 1.82) is 0 Å². The summed E-state index contributed by atoms with van der Waals surface area (Å²) in [5.74, 6) is 0. The fourth-order valence-electron chi connectivity index (χ4n) is 1.77. The van der Waals surface area contributed by atoms with Crippen LogP contribution in [0.15, 0.2) is 42.0 Å². The fraction of sp³-hybridized carbons (Fsp3) is 0.467. The van der Waals surface area contributed by atoms with Crippen LogP contribution in [0.3, 0.4) is 0 Å². The van der Waals surface area contributed by atoms with Gasteiger partial charge in [-0.1, -0.05) is 55.3 Å². The average molecular weight is 217 g/mol. The minimum Gasteiger partial charge on any atom is -0.306 e. The molecule has 0 aromatic heterocycles. The number of rotatable bonds is 6. The van der Waals surface area contributed by atoms with Crippen molar-refractivity contribution < 1.29 is 0 Å². The minimum atomic E-state index is 0.488. The van der Waals surface area contributed by atoms with Gasteiger partial charge < -0.3 is 5.32 Å². The van der Waals surface area contributed by atoms with Crippen LogP contribution in [0.1, 0.15) is 45.2 Å². The second-order valence-corrected chi connectivity index (χ2v) is 4.44. The Kier molecular flexibility index (Phi) is 5.87. The summed E-state index contributed by atoms with van der Waals surface area (Å²) < 4.78 is 0. The van der Waals surface area contributed by atoms with Crippen LogP contribution in [0, 0.1) is 0 Å². The molecule has 0 aliphatic carbocycles. The van der Waals surface area contributed by atoms with Crippen LogP contribution in [0.2, 0.25) is 0 Å². The molecule has 1 rings (SSSR count). The molecular weight excluding hydrogens is 194 g/mol. The molecule has 0 spiro atoms. The molecule has 0 heterocycles. The maximum absolute atomic E-state index is 3.59. The van der Waals surface area contributed by atoms with E-state index in [2.05, 4.69) is 62.5 Å². The number of benzene rings is 1. The van der Waals surface area contributed by atoms with Crippen LogP contribution < -0.4 is 5.32 Å². The molecule has 0 amide bonds. The van der Waals surface area contributed by atoms with Gasteiger partial charge in [0.15, 0.2) is 0 Å². The number of hydrogen-bond acceptors (Lipinski definition) is 1. The van der Waals surface area contributed by atoms with Crippen LogP contribution in [0.5, 0.6) is 0 Å². The lowest BCUT2D eigenvalue weighted by Gasteiger charge is -2.17. The molecule has 0 fully saturated rings. The van der Waals surface area contributed by atoms with Gasteiger partial charge in [-0.25, -0.2) is 0 Å². The first-order chi connectivity index (χ1) is 7.74. The molecule has 1 N–H and O–H groups in total. The Morgan fingerprint density at radius 3 is 2.50 bits per heavy atom. The van der Waals surface area contributed by atoms with Crippen molar-refractivity contribution in [3.05, 3.63) is 47.5 Å². The van der Waals surface area contributed by atoms with E-state index in [1.165, 1.54) is 24.0 Å². The van der Waals surface area contributed by atoms with Gasteiger partial charge in [-0.15, -0.1) is 0 Å². The van der Waals surface area contributed by atoms with E-state index < -0.39 is 0 Å². The summed E-state index contributed by atoms with van der Waals surface area (Å²) >= 11 is 0. The molecule has 88 valence electrons. The summed E-state index contributed by atoms with van der Waals surface area (Å²) in [5, 5.41) is 3.59. The Morgan fingerprint density at radius 1 is 1.25 bits per heavy atom. The van der Waals surface area contributed by atoms with E-state index >= 15 is 0 Å². The summed E-state index contributed by atoms with van der Waals surface area (Å²) in [7, 11) is 0. The zero-order valence-electron chi connectivity index (χ0n) is 10.7. The second kappa shape index (κ2) is 7.24. The molecule has 16 heavy (non-hydrogen) atoms. The van der Waals surface area contributed by atoms with Crippen molar-refractivity contribution in [2.75, 3.05) is 6.54 Å². The predicted octanol–water partition coefficient (Wildman–Crippen LogP) is 4.08. The third-order valence-corrected chi connectivity index (χ3v) is 2.65. The molecule has 1 aromatic rings. The molecule has 1 heteroatoms. The van der Waals surface area contributed by atoms with Crippen molar-refractivity contribution in [2.45, 2.75) is 39.7 Å². The summed E-state index contributed by atoms with van der Waals surface area (Å²) in [4.78, 5) is 0. The highest BCUT2D eigenvalue weighted by Gasteiger charge is 2.07. The number of nitrogens with one attached hydrogen (secondary N) is 1. The van der Waals surface area contributed by atoms with E-state index in [0.29, 0.717) is 6.04 Å². The van der Waals surface area contributed by atoms with Gasteiger partial charge >= 0.3 is 0 Å². The lowest BCUT2D eigenvalue weighted by Crippen LogP contribution is -2.21. The number of hydrogen-bond donors (Lipinski definition) is 1. The van der Waals surface area contributed by atoms with Crippen molar-refractivity contribution in [2.24, 2.45) is 0 Å². The van der Waals surface area contributed by atoms with Crippen LogP contribution in [-0.4, -0.2) is 6.54 Å². The fourth-order valence-corrected chi connectivity index (χ4v) is 1.77. The van der Waals surface area contributed by atoms with Crippen LogP contribution >= 0.6 is 0 Å². The topological polar surface area (TPSA) is 12.0 Å². The minimum absolute atomic E-state index is 0.488. The highest BCUT2D eigenvalue weighted by molar-refractivity contribution is 5.19. The molecule has 0 radical (unpaired) electrons. The first-order valence-corrected chi connectivity index (χ1v) is 6.15. The molecular formula is C15H23N. The van der Waals surface area contributed by atoms with Gasteiger partial charge in [0.25, 0.3) is 0 Å². The van der Waals surface area contributed by atoms with Gasteiger partial charge in [0.1, 0.15) is 0 Å². The molecule has 1 atom stereocenters. The van der Waals surface area contributed by atoms with Crippen molar-refractivity contribution in [3.63, 3.8) is 0 Å². The van der Waals surface area contributed by atoms with Gasteiger partial charge in [0.05, 0.1) is 0 Å². The van der Waals surface area contributed by atoms with Crippen molar-refractivity contribution >= 4 is 0 Å². The zero-order chi connectivity index (χ0) is 11.8. The van der Waals surface area contributed by atoms with Gasteiger partial charge in [-0.05, 0) is 25.8 Å². The van der Waals surface area contributed by atoms with Gasteiger partial charge in [0.2, 0.25) is 0 Å². The summed E-state index contributed by atoms with van der Waals surface area (Å²) in [6.07, 6.45) is 4.65. The van der Waals surface area contributed by atoms with Crippen LogP contribution in [0.4, 0.5) is 0 Å². The smallest absolute Gasteiger partial charge is 0.0322 e. The van der Waals surface area contributed by atoms with E-state index in [4.69, 9.17) is 0 Å². The SMILES string of the molecule is CCCC(NCC=C(C)C)c1ccccc1. The lowest BCUT2D eigenvalue weighted by molar-refractivity contribution is 0.520. The predicted molar refractivity (Wildman–Crippen MR) is 71.5 cm³/mol. The average Bonchev–Trinajstić information content (AvgIpc) is 2.29. The molecule has 0 saturated carbocycles. The second-order valence-electron chi connectivity index (χ2n) is 4.44. The maximum atomic E-state index is 3.59. The van der Waals surface area contributed by atoms with Crippen LogP contribution in [0.25, 0.3) is 0 Å². The highest BCUT2D eigenvalue weighted by atomic mass is 14.9. The largest absolute Gasteiger partial charge is 0.306 e. The molecule has 1 unspecified atom stereocenters. The van der Waals surface area contributed by atoms with E-state index in [1.54, 1.807) is 0 Å². The summed E-state index contributed by atoms with van der Waals surface area (Å²) in [6, 6.07) is 11.2. The third-order valence-electron chi connectivity index (χ3n) is 2.65. The normalized spacial score (nSPS) is 12.2. The first kappa shape index (κ1) is 13.0. The number of allylic oxidation sites excluding steroid dienone is 1. The molecule has 0 bridgehead atoms. The first-order valence-electron chi connectivity index (χ1n) is 6.15. The Labute approximate surface area is 99.6 Å². The molecule has 1 aromatic carbocycles. The van der Waals surface area contributed by atoms with Crippen molar-refractivity contribution in [3.8, 4) is 0 Å². The quantitative estimate of drug-likeness (QED) is 0.708. The Balaban J connectivity index is 2.58. The Hall–Kier alpha value is -1.08. The Bertz CT molecular complexity index is 309. The molecule has 0 saturated heterocycles. The van der Waals surface area contributed by atoms with Crippen molar-refractivity contribution in [1.82, 2.24) is 5.32 Å². The molecule has 0 aliphatic heterocycles.